The number of halogens is 23. The van der Waals surface area contributed by atoms with E-state index in [9.17, 15) is 18.0 Å². The Kier molecular flexibility index (Phi) is 17.3. The fraction of sp³-hybridized carbons (Fsp3) is 0.0732. The second-order valence-corrected chi connectivity index (χ2v) is 20.0. The molecule has 0 unspecified atom stereocenters. The summed E-state index contributed by atoms with van der Waals surface area (Å²) >= 11 is 24.9. The van der Waals surface area contributed by atoms with Gasteiger partial charge in [-0.3, -0.25) is 4.79 Å². The molecule has 8 rings (SSSR count). The molecule has 1 aliphatic rings. The molecular weight excluding hydrogens is 1560 g/mol. The van der Waals surface area contributed by atoms with Gasteiger partial charge in [-0.05, 0) is 72.9 Å². The molecular formula is C41H8Br8F15MnN4O2-. The van der Waals surface area contributed by atoms with Gasteiger partial charge in [0.1, 0.15) is 17.9 Å². The number of hydrogen-bond donors (Lipinski definition) is 0. The van der Waals surface area contributed by atoms with Crippen LogP contribution in [0.3, 0.4) is 0 Å². The van der Waals surface area contributed by atoms with Gasteiger partial charge < -0.3 is 24.7 Å². The van der Waals surface area contributed by atoms with Gasteiger partial charge in [0, 0.05) is 146 Å². The number of carbonyl (C=O) groups is 1. The van der Waals surface area contributed by atoms with E-state index < -0.39 is 185 Å². The summed E-state index contributed by atoms with van der Waals surface area (Å²) in [5, 5.41) is 0. The zero-order valence-electron chi connectivity index (χ0n) is 33.4. The summed E-state index contributed by atoms with van der Waals surface area (Å²) in [6.07, 6.45) is 0. The summed E-state index contributed by atoms with van der Waals surface area (Å²) in [6.45, 7) is 3.65. The van der Waals surface area contributed by atoms with Gasteiger partial charge in [-0.15, -0.1) is 11.4 Å². The Morgan fingerprint density at radius 2 is 0.549 bits per heavy atom. The number of aromatic nitrogens is 4. The van der Waals surface area contributed by atoms with E-state index >= 15 is 52.7 Å². The number of fused-ring (bicyclic) bond motifs is 9. The van der Waals surface area contributed by atoms with E-state index in [-0.39, 0.29) is 40.9 Å². The van der Waals surface area contributed by atoms with Crippen LogP contribution >= 0.6 is 127 Å². The fourth-order valence-corrected chi connectivity index (χ4v) is 10.5. The maximum absolute atomic E-state index is 16.1. The number of benzene rings is 3. The molecule has 0 spiro atoms. The quantitative estimate of drug-likeness (QED) is 0.0436. The third-order valence-electron chi connectivity index (χ3n) is 9.70. The minimum Gasteiger partial charge on any atom is -0.642 e. The third kappa shape index (κ3) is 9.19. The van der Waals surface area contributed by atoms with Crippen LogP contribution in [0.4, 0.5) is 65.9 Å². The first-order chi connectivity index (χ1) is 32.6. The fourth-order valence-electron chi connectivity index (χ4n) is 6.70. The molecule has 4 aromatic heterocycles. The van der Waals surface area contributed by atoms with Crippen LogP contribution in [-0.4, -0.2) is 12.6 Å². The summed E-state index contributed by atoms with van der Waals surface area (Å²) < 4.78 is 231. The Labute approximate surface area is 464 Å². The first-order valence-corrected chi connectivity index (χ1v) is 24.4. The van der Waals surface area contributed by atoms with Crippen LogP contribution in [-0.2, 0) is 26.6 Å². The van der Waals surface area contributed by atoms with Crippen LogP contribution in [0.1, 0.15) is 64.7 Å². The van der Waals surface area contributed by atoms with Gasteiger partial charge in [0.25, 0.3) is 0 Å². The molecule has 5 heterocycles. The van der Waals surface area contributed by atoms with Crippen LogP contribution in [0.15, 0.2) is 35.8 Å². The molecule has 0 atom stereocenters. The van der Waals surface area contributed by atoms with Gasteiger partial charge in [0.15, 0.2) is 16.7 Å². The van der Waals surface area contributed by atoms with Crippen molar-refractivity contribution >= 4 is 133 Å². The summed E-state index contributed by atoms with van der Waals surface area (Å²) in [5.74, 6) is -41.8. The minimum absolute atomic E-state index is 0. The first-order valence-electron chi connectivity index (χ1n) is 18.0. The molecule has 0 N–H and O–H groups in total. The second-order valence-electron chi connectivity index (χ2n) is 13.6. The molecule has 0 saturated heterocycles. The summed E-state index contributed by atoms with van der Waals surface area (Å²) in [7, 11) is 0. The number of ether oxygens (including phenoxy) is 1. The molecule has 0 amide bonds. The molecule has 1 aliphatic heterocycles. The maximum atomic E-state index is 16.1. The molecule has 30 heteroatoms. The standard InChI is InChI=1S/C37Br8F15N4.C4H8O2.Mn/c38-7-9(40)32-5(2-17(48)23(54)28(59)24(55)18(2)49)34-11(42)13(44)36(63-34)37-14(45)12(43)35(64-37)6(3-19(50)25(56)29(60)26(57)20(3)51)33-10(41)8(39)31(62-33)4(30(7)61-32)1-15(46)21(52)27(58)22(53)16(1)47;1-3-6-4(2)5;/h;3H2,1-2H3;/q-1;;. The Balaban J connectivity index is 0.00000111. The molecule has 373 valence electrons. The molecule has 71 heavy (non-hydrogen) atoms. The monoisotopic (exact) mass is 1560 g/mol. The van der Waals surface area contributed by atoms with Crippen molar-refractivity contribution < 1.29 is 92.5 Å². The number of rotatable bonds is 4. The van der Waals surface area contributed by atoms with E-state index in [1.165, 1.54) is 6.92 Å². The van der Waals surface area contributed by atoms with Crippen molar-refractivity contribution in [3.63, 3.8) is 0 Å². The molecule has 0 fully saturated rings. The zero-order valence-corrected chi connectivity index (χ0v) is 47.3. The van der Waals surface area contributed by atoms with Gasteiger partial charge in [0.05, 0.1) is 15.6 Å². The maximum Gasteiger partial charge on any atom is 0.302 e. The van der Waals surface area contributed by atoms with Crippen molar-refractivity contribution in [1.29, 1.82) is 0 Å². The Morgan fingerprint density at radius 1 is 0.366 bits per heavy atom. The topological polar surface area (TPSA) is 82.7 Å². The Bertz CT molecular complexity index is 3120. The van der Waals surface area contributed by atoms with E-state index in [1.807, 2.05) is 0 Å². The number of esters is 1. The Morgan fingerprint density at radius 3 is 0.732 bits per heavy atom. The van der Waals surface area contributed by atoms with Crippen molar-refractivity contribution in [1.82, 2.24) is 19.9 Å². The van der Waals surface area contributed by atoms with Crippen LogP contribution < -0.4 is 19.9 Å². The summed E-state index contributed by atoms with van der Waals surface area (Å²) in [6, 6.07) is 0. The number of hydrogen-bond acceptors (Lipinski definition) is 2. The van der Waals surface area contributed by atoms with E-state index in [0.717, 1.165) is 0 Å². The van der Waals surface area contributed by atoms with Crippen LogP contribution in [0, 0.1) is 105 Å². The second kappa shape index (κ2) is 21.4. The average Bonchev–Trinajstić information content (AvgIpc) is 3.98. The molecule has 7 aromatic rings. The van der Waals surface area contributed by atoms with Crippen molar-refractivity contribution in [3.8, 4) is 11.4 Å². The molecule has 0 saturated carbocycles. The SMILES string of the molecule is CCOC(C)=O.Fc1c(F)c(F)c([C+]2c3[n-]c(c(Br)c3Br)-c3[n-]c(c(Br)c3Br)[C+](c3c(F)c(F)c(F)c(F)c3F)c3[n-]c(c(Br)c3Br)[C+](c3c(F)c(F)c(F)c(F)c3F)c3[n-]c2c(Br)c3Br)c(F)c1F.[Mn]. The van der Waals surface area contributed by atoms with Crippen molar-refractivity contribution in [3.05, 3.63) is 192 Å². The minimum atomic E-state index is -2.67. The Hall–Kier alpha value is -2.83. The largest absolute Gasteiger partial charge is 0.642 e. The van der Waals surface area contributed by atoms with Crippen LogP contribution in [0.25, 0.3) is 11.4 Å². The number of carbonyl (C=O) groups excluding carboxylic acids is 1. The van der Waals surface area contributed by atoms with Gasteiger partial charge in [-0.1, -0.05) is 0 Å². The van der Waals surface area contributed by atoms with Crippen molar-refractivity contribution in [2.75, 3.05) is 6.61 Å². The van der Waals surface area contributed by atoms with Gasteiger partial charge >= 0.3 is 5.97 Å². The van der Waals surface area contributed by atoms with Gasteiger partial charge in [0.2, 0.25) is 87.3 Å². The molecule has 6 nitrogen and oxygen atoms in total. The summed E-state index contributed by atoms with van der Waals surface area (Å²) in [4.78, 5) is 26.9. The van der Waals surface area contributed by atoms with Crippen molar-refractivity contribution in [2.24, 2.45) is 0 Å². The normalized spacial score (nSPS) is 12.2. The van der Waals surface area contributed by atoms with E-state index in [2.05, 4.69) is 152 Å². The van der Waals surface area contributed by atoms with Crippen LogP contribution in [0.5, 0.6) is 0 Å². The first kappa shape index (κ1) is 57.4. The third-order valence-corrected chi connectivity index (χ3v) is 18.0. The molecule has 8 bridgehead atoms. The van der Waals surface area contributed by atoms with E-state index in [1.54, 1.807) is 6.92 Å². The average molecular weight is 1570 g/mol. The predicted octanol–water partition coefficient (Wildman–Crippen LogP) is 15.3. The smallest absolute Gasteiger partial charge is 0.302 e. The zero-order chi connectivity index (χ0) is 52.2. The van der Waals surface area contributed by atoms with Gasteiger partial charge in [-0.2, -0.15) is 65.9 Å². The van der Waals surface area contributed by atoms with E-state index in [4.69, 9.17) is 0 Å². The number of nitrogens with zero attached hydrogens (tertiary/aromatic N) is 4. The summed E-state index contributed by atoms with van der Waals surface area (Å²) in [5.41, 5.74) is -11.5. The van der Waals surface area contributed by atoms with E-state index in [0.29, 0.717) is 6.61 Å². The molecule has 0 aliphatic carbocycles. The van der Waals surface area contributed by atoms with Crippen molar-refractivity contribution in [2.45, 2.75) is 13.8 Å². The molecule has 3 aromatic carbocycles. The van der Waals surface area contributed by atoms with Gasteiger partial charge in [-0.25, -0.2) is 0 Å². The predicted molar refractivity (Wildman–Crippen MR) is 242 cm³/mol. The molecule has 1 radical (unpaired) electrons. The van der Waals surface area contributed by atoms with Crippen LogP contribution in [0.2, 0.25) is 0 Å².